The van der Waals surface area contributed by atoms with Crippen LogP contribution in [0.2, 0.25) is 10.0 Å². The summed E-state index contributed by atoms with van der Waals surface area (Å²) < 4.78 is 0.659. The first-order valence-electron chi connectivity index (χ1n) is 5.82. The van der Waals surface area contributed by atoms with Gasteiger partial charge in [0.1, 0.15) is 5.82 Å². The average molecular weight is 407 g/mol. The lowest BCUT2D eigenvalue weighted by Crippen LogP contribution is -2.16. The van der Waals surface area contributed by atoms with Gasteiger partial charge in [-0.1, -0.05) is 29.3 Å². The van der Waals surface area contributed by atoms with Gasteiger partial charge in [-0.15, -0.1) is 0 Å². The highest BCUT2D eigenvalue weighted by Gasteiger charge is 2.29. The zero-order chi connectivity index (χ0) is 13.6. The van der Waals surface area contributed by atoms with E-state index in [4.69, 9.17) is 23.2 Å². The van der Waals surface area contributed by atoms with Crippen molar-refractivity contribution >= 4 is 45.8 Å². The zero-order valence-corrected chi connectivity index (χ0v) is 13.4. The molecule has 1 aliphatic rings. The first kappa shape index (κ1) is 13.4. The van der Waals surface area contributed by atoms with Gasteiger partial charge in [0.2, 0.25) is 0 Å². The number of hydrogen-bond donors (Lipinski definition) is 1. The normalized spacial score (nSPS) is 14.7. The standard InChI is InChI=1S/C13H9Cl2IN2O/c14-7-2-1-3-8(15)9(7)12-17-11(6-4-5-6)10(16)13(19)18-12/h1-3,6H,4-5H2,(H,17,18,19). The van der Waals surface area contributed by atoms with Crippen LogP contribution < -0.4 is 5.56 Å². The minimum atomic E-state index is -0.136. The topological polar surface area (TPSA) is 45.8 Å². The number of benzene rings is 1. The van der Waals surface area contributed by atoms with Gasteiger partial charge in [0.15, 0.2) is 0 Å². The molecule has 1 aliphatic carbocycles. The first-order valence-corrected chi connectivity index (χ1v) is 7.65. The summed E-state index contributed by atoms with van der Waals surface area (Å²) in [5.74, 6) is 0.845. The predicted octanol–water partition coefficient (Wildman–Crippen LogP) is 4.23. The Labute approximate surface area is 133 Å². The smallest absolute Gasteiger partial charge is 0.264 e. The van der Waals surface area contributed by atoms with Crippen molar-refractivity contribution in [2.75, 3.05) is 0 Å². The van der Waals surface area contributed by atoms with E-state index in [9.17, 15) is 4.79 Å². The molecule has 1 N–H and O–H groups in total. The van der Waals surface area contributed by atoms with Gasteiger partial charge in [0.05, 0.1) is 24.9 Å². The van der Waals surface area contributed by atoms with E-state index in [-0.39, 0.29) is 5.56 Å². The lowest BCUT2D eigenvalue weighted by atomic mass is 10.2. The fourth-order valence-electron chi connectivity index (χ4n) is 1.95. The van der Waals surface area contributed by atoms with Crippen molar-refractivity contribution in [3.05, 3.63) is 47.9 Å². The maximum atomic E-state index is 12.0. The van der Waals surface area contributed by atoms with Crippen LogP contribution in [0.1, 0.15) is 24.5 Å². The van der Waals surface area contributed by atoms with E-state index in [2.05, 4.69) is 9.97 Å². The number of nitrogens with one attached hydrogen (secondary N) is 1. The van der Waals surface area contributed by atoms with Gasteiger partial charge >= 0.3 is 0 Å². The fraction of sp³-hybridized carbons (Fsp3) is 0.231. The Morgan fingerprint density at radius 2 is 1.89 bits per heavy atom. The molecule has 3 nitrogen and oxygen atoms in total. The van der Waals surface area contributed by atoms with Crippen LogP contribution >= 0.6 is 45.8 Å². The predicted molar refractivity (Wildman–Crippen MR) is 85.0 cm³/mol. The molecular formula is C13H9Cl2IN2O. The summed E-state index contributed by atoms with van der Waals surface area (Å²) in [5, 5.41) is 0.970. The summed E-state index contributed by atoms with van der Waals surface area (Å²) in [7, 11) is 0. The third-order valence-electron chi connectivity index (χ3n) is 3.05. The Kier molecular flexibility index (Phi) is 3.57. The number of hydrogen-bond acceptors (Lipinski definition) is 2. The molecule has 3 rings (SSSR count). The van der Waals surface area contributed by atoms with Crippen molar-refractivity contribution in [3.63, 3.8) is 0 Å². The van der Waals surface area contributed by atoms with E-state index in [1.165, 1.54) is 0 Å². The SMILES string of the molecule is O=c1[nH]c(-c2c(Cl)cccc2Cl)nc(C2CC2)c1I. The van der Waals surface area contributed by atoms with E-state index in [1.54, 1.807) is 18.2 Å². The molecule has 1 aromatic heterocycles. The molecule has 0 bridgehead atoms. The second-order valence-electron chi connectivity index (χ2n) is 4.48. The molecule has 0 amide bonds. The second kappa shape index (κ2) is 5.07. The fourth-order valence-corrected chi connectivity index (χ4v) is 3.22. The van der Waals surface area contributed by atoms with E-state index in [0.717, 1.165) is 18.5 Å². The van der Waals surface area contributed by atoms with Crippen LogP contribution in [-0.4, -0.2) is 9.97 Å². The highest BCUT2D eigenvalue weighted by molar-refractivity contribution is 14.1. The van der Waals surface area contributed by atoms with Crippen molar-refractivity contribution < 1.29 is 0 Å². The highest BCUT2D eigenvalue weighted by atomic mass is 127. The van der Waals surface area contributed by atoms with Crippen molar-refractivity contribution in [1.82, 2.24) is 9.97 Å². The quantitative estimate of drug-likeness (QED) is 0.758. The lowest BCUT2D eigenvalue weighted by Gasteiger charge is -2.09. The molecule has 19 heavy (non-hydrogen) atoms. The largest absolute Gasteiger partial charge is 0.306 e. The van der Waals surface area contributed by atoms with Gasteiger partial charge in [0.25, 0.3) is 5.56 Å². The molecule has 6 heteroatoms. The second-order valence-corrected chi connectivity index (χ2v) is 6.38. The number of halogens is 3. The molecule has 0 spiro atoms. The molecule has 1 heterocycles. The minimum absolute atomic E-state index is 0.136. The zero-order valence-electron chi connectivity index (χ0n) is 9.71. The number of aromatic nitrogens is 2. The van der Waals surface area contributed by atoms with Crippen LogP contribution in [0, 0.1) is 3.57 Å². The van der Waals surface area contributed by atoms with Gasteiger partial charge in [-0.05, 0) is 47.6 Å². The minimum Gasteiger partial charge on any atom is -0.306 e. The maximum absolute atomic E-state index is 12.0. The summed E-state index contributed by atoms with van der Waals surface area (Å²) in [6.45, 7) is 0. The van der Waals surface area contributed by atoms with E-state index >= 15 is 0 Å². The van der Waals surface area contributed by atoms with Crippen molar-refractivity contribution in [2.24, 2.45) is 0 Å². The maximum Gasteiger partial charge on any atom is 0.264 e. The molecule has 2 aromatic rings. The van der Waals surface area contributed by atoms with Crippen molar-refractivity contribution in [1.29, 1.82) is 0 Å². The molecule has 1 aromatic carbocycles. The summed E-state index contributed by atoms with van der Waals surface area (Å²) in [6.07, 6.45) is 2.17. The Balaban J connectivity index is 2.23. The van der Waals surface area contributed by atoms with Gasteiger partial charge in [-0.2, -0.15) is 0 Å². The third-order valence-corrected chi connectivity index (χ3v) is 4.72. The van der Waals surface area contributed by atoms with Crippen LogP contribution in [0.4, 0.5) is 0 Å². The molecule has 0 aliphatic heterocycles. The third kappa shape index (κ3) is 2.53. The lowest BCUT2D eigenvalue weighted by molar-refractivity contribution is 0.958. The molecule has 1 saturated carbocycles. The van der Waals surface area contributed by atoms with Crippen molar-refractivity contribution in [3.8, 4) is 11.4 Å². The molecule has 0 unspecified atom stereocenters. The number of nitrogens with zero attached hydrogens (tertiary/aromatic N) is 1. The number of rotatable bonds is 2. The molecule has 0 atom stereocenters. The molecular weight excluding hydrogens is 398 g/mol. The van der Waals surface area contributed by atoms with Crippen LogP contribution in [0.5, 0.6) is 0 Å². The van der Waals surface area contributed by atoms with Crippen LogP contribution in [0.25, 0.3) is 11.4 Å². The molecule has 98 valence electrons. The average Bonchev–Trinajstić information content (AvgIpc) is 3.17. The first-order chi connectivity index (χ1) is 9.08. The van der Waals surface area contributed by atoms with Crippen LogP contribution in [0.3, 0.4) is 0 Å². The summed E-state index contributed by atoms with van der Waals surface area (Å²) in [6, 6.07) is 5.23. The summed E-state index contributed by atoms with van der Waals surface area (Å²) in [5.41, 5.74) is 1.31. The number of aromatic amines is 1. The van der Waals surface area contributed by atoms with Gasteiger partial charge in [-0.3, -0.25) is 4.79 Å². The molecule has 0 radical (unpaired) electrons. The number of H-pyrrole nitrogens is 1. The van der Waals surface area contributed by atoms with Crippen molar-refractivity contribution in [2.45, 2.75) is 18.8 Å². The van der Waals surface area contributed by atoms with E-state index < -0.39 is 0 Å². The van der Waals surface area contributed by atoms with Crippen LogP contribution in [0.15, 0.2) is 23.0 Å². The van der Waals surface area contributed by atoms with E-state index in [1.807, 2.05) is 22.6 Å². The Bertz CT molecular complexity index is 690. The summed E-state index contributed by atoms with van der Waals surface area (Å²) >= 11 is 14.4. The van der Waals surface area contributed by atoms with Gasteiger partial charge in [0, 0.05) is 5.92 Å². The van der Waals surface area contributed by atoms with Crippen LogP contribution in [-0.2, 0) is 0 Å². The molecule has 0 saturated heterocycles. The van der Waals surface area contributed by atoms with Gasteiger partial charge in [-0.25, -0.2) is 4.98 Å². The van der Waals surface area contributed by atoms with Gasteiger partial charge < -0.3 is 4.98 Å². The highest BCUT2D eigenvalue weighted by Crippen LogP contribution is 2.41. The Morgan fingerprint density at radius 3 is 2.47 bits per heavy atom. The summed E-state index contributed by atoms with van der Waals surface area (Å²) in [4.78, 5) is 19.3. The monoisotopic (exact) mass is 406 g/mol. The van der Waals surface area contributed by atoms with E-state index in [0.29, 0.717) is 30.9 Å². The Morgan fingerprint density at radius 1 is 1.26 bits per heavy atom. The molecule has 1 fully saturated rings. The Hall–Kier alpha value is -0.590.